The van der Waals surface area contributed by atoms with E-state index in [2.05, 4.69) is 5.32 Å². The average Bonchev–Trinajstić information content (AvgIpc) is 2.86. The molecule has 4 aliphatic carbocycles. The molecule has 2 N–H and O–H groups in total. The van der Waals surface area contributed by atoms with Gasteiger partial charge in [-0.1, -0.05) is 18.2 Å². The van der Waals surface area contributed by atoms with Crippen molar-refractivity contribution in [3.05, 3.63) is 35.6 Å². The second-order valence-corrected chi connectivity index (χ2v) is 8.77. The molecule has 25 heavy (non-hydrogen) atoms. The van der Waals surface area contributed by atoms with Crippen molar-refractivity contribution in [2.45, 2.75) is 56.2 Å². The summed E-state index contributed by atoms with van der Waals surface area (Å²) in [6.45, 7) is 2.74. The predicted molar refractivity (Wildman–Crippen MR) is 91.5 cm³/mol. The van der Waals surface area contributed by atoms with Crippen LogP contribution in [0.4, 0.5) is 9.18 Å². The van der Waals surface area contributed by atoms with Crippen molar-refractivity contribution in [3.8, 4) is 0 Å². The van der Waals surface area contributed by atoms with Crippen LogP contribution in [0.25, 0.3) is 0 Å². The molecular formula is C20H25FN2O2. The predicted octanol–water partition coefficient (Wildman–Crippen LogP) is 2.87. The molecular weight excluding hydrogens is 319 g/mol. The zero-order chi connectivity index (χ0) is 17.3. The van der Waals surface area contributed by atoms with E-state index in [1.807, 2.05) is 24.0 Å². The minimum absolute atomic E-state index is 0.00393. The first-order valence-electron chi connectivity index (χ1n) is 9.50. The molecule has 0 radical (unpaired) electrons. The van der Waals surface area contributed by atoms with Gasteiger partial charge in [-0.2, -0.15) is 0 Å². The van der Waals surface area contributed by atoms with E-state index in [0.717, 1.165) is 19.3 Å². The van der Waals surface area contributed by atoms with Crippen molar-refractivity contribution >= 4 is 6.03 Å². The molecule has 1 aliphatic heterocycles. The smallest absolute Gasteiger partial charge is 0.318 e. The molecule has 7 unspecified atom stereocenters. The van der Waals surface area contributed by atoms with Crippen molar-refractivity contribution in [2.24, 2.45) is 17.8 Å². The molecule has 1 saturated heterocycles. The Morgan fingerprint density at radius 2 is 2.08 bits per heavy atom. The van der Waals surface area contributed by atoms with Crippen LogP contribution in [0.5, 0.6) is 0 Å². The quantitative estimate of drug-likeness (QED) is 0.867. The summed E-state index contributed by atoms with van der Waals surface area (Å²) in [5, 5.41) is 14.4. The van der Waals surface area contributed by atoms with Crippen LogP contribution < -0.4 is 5.32 Å². The number of nitrogens with one attached hydrogen (secondary N) is 1. The van der Waals surface area contributed by atoms with Gasteiger partial charge in [0, 0.05) is 24.5 Å². The highest BCUT2D eigenvalue weighted by Crippen LogP contribution is 2.63. The Bertz CT molecular complexity index is 725. The van der Waals surface area contributed by atoms with Crippen molar-refractivity contribution in [2.75, 3.05) is 6.54 Å². The Labute approximate surface area is 147 Å². The van der Waals surface area contributed by atoms with Gasteiger partial charge in [-0.25, -0.2) is 9.18 Å². The van der Waals surface area contributed by atoms with Crippen molar-refractivity contribution in [1.29, 1.82) is 0 Å². The zero-order valence-corrected chi connectivity index (χ0v) is 14.5. The number of carbonyl (C=O) groups is 1. The Kier molecular flexibility index (Phi) is 3.25. The third kappa shape index (κ3) is 2.17. The van der Waals surface area contributed by atoms with E-state index in [1.54, 1.807) is 6.07 Å². The first-order valence-corrected chi connectivity index (χ1v) is 9.50. The summed E-state index contributed by atoms with van der Waals surface area (Å²) in [5.41, 5.74) is -0.191. The zero-order valence-electron chi connectivity index (χ0n) is 14.5. The Hall–Kier alpha value is -1.62. The van der Waals surface area contributed by atoms with Crippen molar-refractivity contribution in [1.82, 2.24) is 10.2 Å². The summed E-state index contributed by atoms with van der Waals surface area (Å²) < 4.78 is 14.6. The molecule has 4 bridgehead atoms. The standard InChI is InChI=1S/C20H25FN2O2/c1-11-10-23(19(24)22-11)18-13-6-12-7-15(18)17(20(25,8-12)9-13)14-4-2-3-5-16(14)21/h2-5,11-13,15,17-18,25H,6-10H2,1H3,(H,22,24). The molecule has 4 saturated carbocycles. The number of carbonyl (C=O) groups excluding carboxylic acids is 1. The lowest BCUT2D eigenvalue weighted by molar-refractivity contribution is -0.170. The largest absolute Gasteiger partial charge is 0.389 e. The van der Waals surface area contributed by atoms with E-state index in [0.29, 0.717) is 30.4 Å². The van der Waals surface area contributed by atoms with Gasteiger partial charge >= 0.3 is 6.03 Å². The van der Waals surface area contributed by atoms with E-state index < -0.39 is 5.60 Å². The fourth-order valence-electron chi connectivity index (χ4n) is 6.64. The second kappa shape index (κ2) is 5.19. The lowest BCUT2D eigenvalue weighted by Crippen LogP contribution is -2.65. The lowest BCUT2D eigenvalue weighted by Gasteiger charge is -2.63. The minimum atomic E-state index is -0.822. The van der Waals surface area contributed by atoms with E-state index in [1.165, 1.54) is 6.07 Å². The number of urea groups is 1. The average molecular weight is 344 g/mol. The molecule has 1 heterocycles. The fraction of sp³-hybridized carbons (Fsp3) is 0.650. The first kappa shape index (κ1) is 15.6. The summed E-state index contributed by atoms with van der Waals surface area (Å²) in [6.07, 6.45) is 3.53. The molecule has 7 atom stereocenters. The highest BCUT2D eigenvalue weighted by molar-refractivity contribution is 5.77. The summed E-state index contributed by atoms with van der Waals surface area (Å²) >= 11 is 0. The Balaban J connectivity index is 1.58. The van der Waals surface area contributed by atoms with Gasteiger partial charge in [-0.3, -0.25) is 0 Å². The molecule has 4 nitrogen and oxygen atoms in total. The van der Waals surface area contributed by atoms with Gasteiger partial charge in [-0.15, -0.1) is 0 Å². The monoisotopic (exact) mass is 344 g/mol. The molecule has 0 spiro atoms. The van der Waals surface area contributed by atoms with Gasteiger partial charge in [0.15, 0.2) is 0 Å². The topological polar surface area (TPSA) is 52.6 Å². The Morgan fingerprint density at radius 3 is 2.80 bits per heavy atom. The number of benzene rings is 1. The maximum Gasteiger partial charge on any atom is 0.318 e. The van der Waals surface area contributed by atoms with Gasteiger partial charge in [0.05, 0.1) is 5.60 Å². The normalized spacial score (nSPS) is 45.1. The van der Waals surface area contributed by atoms with E-state index >= 15 is 0 Å². The molecule has 1 aromatic carbocycles. The first-order chi connectivity index (χ1) is 12.0. The number of amides is 2. The molecule has 5 heteroatoms. The minimum Gasteiger partial charge on any atom is -0.389 e. The van der Waals surface area contributed by atoms with Crippen LogP contribution in [0.1, 0.15) is 44.1 Å². The molecule has 6 rings (SSSR count). The van der Waals surface area contributed by atoms with Crippen LogP contribution in [0.15, 0.2) is 24.3 Å². The molecule has 5 fully saturated rings. The number of aliphatic hydroxyl groups is 1. The highest BCUT2D eigenvalue weighted by atomic mass is 19.1. The Morgan fingerprint density at radius 1 is 1.28 bits per heavy atom. The summed E-state index contributed by atoms with van der Waals surface area (Å²) in [6, 6.07) is 7.14. The van der Waals surface area contributed by atoms with E-state index in [9.17, 15) is 14.3 Å². The molecule has 134 valence electrons. The van der Waals surface area contributed by atoms with Crippen molar-refractivity contribution in [3.63, 3.8) is 0 Å². The fourth-order valence-corrected chi connectivity index (χ4v) is 6.64. The summed E-state index contributed by atoms with van der Waals surface area (Å²) in [5.74, 6) is 0.545. The SMILES string of the molecule is CC1CN(C2C3CC4CC2C(c2ccccc2F)C(O)(C4)C3)C(=O)N1. The highest BCUT2D eigenvalue weighted by Gasteiger charge is 2.63. The lowest BCUT2D eigenvalue weighted by atomic mass is 9.46. The molecule has 1 aromatic rings. The number of nitrogens with zero attached hydrogens (tertiary/aromatic N) is 1. The van der Waals surface area contributed by atoms with Crippen LogP contribution in [-0.2, 0) is 0 Å². The van der Waals surface area contributed by atoms with E-state index in [4.69, 9.17) is 0 Å². The van der Waals surface area contributed by atoms with E-state index in [-0.39, 0.29) is 35.8 Å². The number of hydrogen-bond donors (Lipinski definition) is 2. The number of hydrogen-bond acceptors (Lipinski definition) is 2. The van der Waals surface area contributed by atoms with Crippen LogP contribution in [-0.4, -0.2) is 40.3 Å². The summed E-state index contributed by atoms with van der Waals surface area (Å²) in [7, 11) is 0. The number of rotatable bonds is 2. The maximum absolute atomic E-state index is 14.6. The van der Waals surface area contributed by atoms with Crippen LogP contribution in [0.3, 0.4) is 0 Å². The molecule has 2 amide bonds. The van der Waals surface area contributed by atoms with Gasteiger partial charge in [0.25, 0.3) is 0 Å². The van der Waals surface area contributed by atoms with Gasteiger partial charge in [0.2, 0.25) is 0 Å². The molecule has 5 aliphatic rings. The van der Waals surface area contributed by atoms with Crippen molar-refractivity contribution < 1.29 is 14.3 Å². The maximum atomic E-state index is 14.6. The summed E-state index contributed by atoms with van der Waals surface area (Å²) in [4.78, 5) is 14.5. The van der Waals surface area contributed by atoms with Crippen LogP contribution >= 0.6 is 0 Å². The second-order valence-electron chi connectivity index (χ2n) is 8.77. The third-order valence-electron chi connectivity index (χ3n) is 7.13. The third-order valence-corrected chi connectivity index (χ3v) is 7.13. The van der Waals surface area contributed by atoms with Gasteiger partial charge in [-0.05, 0) is 62.0 Å². The number of halogens is 1. The van der Waals surface area contributed by atoms with Gasteiger partial charge in [0.1, 0.15) is 5.82 Å². The van der Waals surface area contributed by atoms with Gasteiger partial charge < -0.3 is 15.3 Å². The van der Waals surface area contributed by atoms with Crippen LogP contribution in [0, 0.1) is 23.6 Å². The van der Waals surface area contributed by atoms with Crippen LogP contribution in [0.2, 0.25) is 0 Å². The molecule has 0 aromatic heterocycles.